The van der Waals surface area contributed by atoms with E-state index in [4.69, 9.17) is 14.9 Å². The third-order valence-electron chi connectivity index (χ3n) is 3.37. The summed E-state index contributed by atoms with van der Waals surface area (Å²) in [5.74, 6) is 1.90. The largest absolute Gasteiger partial charge is 0.489 e. The lowest BCUT2D eigenvalue weighted by atomic mass is 10.3. The van der Waals surface area contributed by atoms with Gasteiger partial charge < -0.3 is 14.9 Å². The van der Waals surface area contributed by atoms with E-state index in [9.17, 15) is 0 Å². The van der Waals surface area contributed by atoms with Crippen LogP contribution in [-0.4, -0.2) is 24.1 Å². The first-order valence-electron chi connectivity index (χ1n) is 6.56. The highest BCUT2D eigenvalue weighted by molar-refractivity contribution is 5.41. The number of hydrogen-bond acceptors (Lipinski definition) is 4. The van der Waals surface area contributed by atoms with E-state index in [1.165, 1.54) is 0 Å². The van der Waals surface area contributed by atoms with Crippen LogP contribution in [0.1, 0.15) is 12.2 Å². The zero-order valence-electron chi connectivity index (χ0n) is 10.8. The van der Waals surface area contributed by atoms with E-state index >= 15 is 0 Å². The zero-order chi connectivity index (χ0) is 13.1. The third-order valence-corrected chi connectivity index (χ3v) is 3.37. The molecule has 1 aromatic heterocycles. The Morgan fingerprint density at radius 3 is 2.84 bits per heavy atom. The lowest BCUT2D eigenvalue weighted by Gasteiger charge is -2.16. The molecule has 2 N–H and O–H groups in total. The topological polar surface area (TPSA) is 51.6 Å². The highest BCUT2D eigenvalue weighted by atomic mass is 16.5. The van der Waals surface area contributed by atoms with Crippen LogP contribution >= 0.6 is 0 Å². The van der Waals surface area contributed by atoms with Crippen LogP contribution in [0.3, 0.4) is 0 Å². The molecule has 1 atom stereocenters. The average Bonchev–Trinajstić information content (AvgIpc) is 3.05. The molecule has 0 saturated carbocycles. The number of furan rings is 1. The van der Waals surface area contributed by atoms with E-state index in [2.05, 4.69) is 4.90 Å². The molecule has 100 valence electrons. The average molecular weight is 258 g/mol. The molecular weight excluding hydrogens is 240 g/mol. The second kappa shape index (κ2) is 5.36. The van der Waals surface area contributed by atoms with E-state index in [1.807, 2.05) is 36.4 Å². The molecule has 1 aliphatic rings. The number of benzene rings is 1. The van der Waals surface area contributed by atoms with Crippen LogP contribution in [0.4, 0.5) is 5.69 Å². The van der Waals surface area contributed by atoms with E-state index in [-0.39, 0.29) is 6.10 Å². The SMILES string of the molecule is Nc1ccc(OC2CCN(Cc3ccco3)C2)cc1. The van der Waals surface area contributed by atoms with Gasteiger partial charge in [-0.15, -0.1) is 0 Å². The molecular formula is C15H18N2O2. The molecule has 19 heavy (non-hydrogen) atoms. The zero-order valence-corrected chi connectivity index (χ0v) is 10.8. The summed E-state index contributed by atoms with van der Waals surface area (Å²) in [6, 6.07) is 11.5. The molecule has 3 rings (SSSR count). The number of rotatable bonds is 4. The van der Waals surface area contributed by atoms with Crippen molar-refractivity contribution in [1.29, 1.82) is 0 Å². The fourth-order valence-corrected chi connectivity index (χ4v) is 2.40. The lowest BCUT2D eigenvalue weighted by molar-refractivity contribution is 0.194. The Morgan fingerprint density at radius 1 is 1.26 bits per heavy atom. The van der Waals surface area contributed by atoms with Gasteiger partial charge >= 0.3 is 0 Å². The molecule has 4 nitrogen and oxygen atoms in total. The quantitative estimate of drug-likeness (QED) is 0.856. The molecule has 0 bridgehead atoms. The summed E-state index contributed by atoms with van der Waals surface area (Å²) >= 11 is 0. The van der Waals surface area contributed by atoms with Crippen LogP contribution in [0.25, 0.3) is 0 Å². The second-order valence-corrected chi connectivity index (χ2v) is 4.91. The maximum Gasteiger partial charge on any atom is 0.119 e. The standard InChI is InChI=1S/C15H18N2O2/c16-12-3-5-13(6-4-12)19-15-7-8-17(11-15)10-14-2-1-9-18-14/h1-6,9,15H,7-8,10-11,16H2. The van der Waals surface area contributed by atoms with Gasteiger partial charge in [0.15, 0.2) is 0 Å². The molecule has 0 spiro atoms. The van der Waals surface area contributed by atoms with Gasteiger partial charge in [0.05, 0.1) is 12.8 Å². The Hall–Kier alpha value is -1.94. The van der Waals surface area contributed by atoms with Gasteiger partial charge in [0, 0.05) is 18.8 Å². The van der Waals surface area contributed by atoms with Crippen molar-refractivity contribution >= 4 is 5.69 Å². The lowest BCUT2D eigenvalue weighted by Crippen LogP contribution is -2.24. The predicted octanol–water partition coefficient (Wildman–Crippen LogP) is 2.52. The van der Waals surface area contributed by atoms with Crippen LogP contribution in [0, 0.1) is 0 Å². The van der Waals surface area contributed by atoms with Gasteiger partial charge in [0.2, 0.25) is 0 Å². The Kier molecular flexibility index (Phi) is 3.42. The Labute approximate surface area is 112 Å². The summed E-state index contributed by atoms with van der Waals surface area (Å²) in [6.45, 7) is 2.83. The highest BCUT2D eigenvalue weighted by Gasteiger charge is 2.24. The van der Waals surface area contributed by atoms with Crippen molar-refractivity contribution in [3.05, 3.63) is 48.4 Å². The van der Waals surface area contributed by atoms with Crippen molar-refractivity contribution in [2.75, 3.05) is 18.8 Å². The van der Waals surface area contributed by atoms with Crippen molar-refractivity contribution < 1.29 is 9.15 Å². The van der Waals surface area contributed by atoms with E-state index in [1.54, 1.807) is 6.26 Å². The van der Waals surface area contributed by atoms with Gasteiger partial charge in [-0.3, -0.25) is 4.90 Å². The molecule has 1 aliphatic heterocycles. The molecule has 1 aromatic carbocycles. The van der Waals surface area contributed by atoms with Crippen LogP contribution in [0.15, 0.2) is 47.1 Å². The monoisotopic (exact) mass is 258 g/mol. The van der Waals surface area contributed by atoms with Crippen molar-refractivity contribution in [2.24, 2.45) is 0 Å². The van der Waals surface area contributed by atoms with Gasteiger partial charge in [-0.1, -0.05) is 0 Å². The molecule has 1 fully saturated rings. The molecule has 1 saturated heterocycles. The van der Waals surface area contributed by atoms with Crippen molar-refractivity contribution in [1.82, 2.24) is 4.90 Å². The molecule has 1 unspecified atom stereocenters. The van der Waals surface area contributed by atoms with Crippen LogP contribution in [-0.2, 0) is 6.54 Å². The maximum absolute atomic E-state index is 5.95. The minimum atomic E-state index is 0.249. The fourth-order valence-electron chi connectivity index (χ4n) is 2.40. The number of anilines is 1. The van der Waals surface area contributed by atoms with E-state index in [0.29, 0.717) is 0 Å². The summed E-state index contributed by atoms with van der Waals surface area (Å²) in [6.07, 6.45) is 3.01. The molecule has 0 radical (unpaired) electrons. The molecule has 4 heteroatoms. The van der Waals surface area contributed by atoms with Gasteiger partial charge in [-0.2, -0.15) is 0 Å². The first kappa shape index (κ1) is 12.1. The summed E-state index contributed by atoms with van der Waals surface area (Å²) < 4.78 is 11.3. The minimum Gasteiger partial charge on any atom is -0.489 e. The first-order chi connectivity index (χ1) is 9.29. The first-order valence-corrected chi connectivity index (χ1v) is 6.56. The fraction of sp³-hybridized carbons (Fsp3) is 0.333. The van der Waals surface area contributed by atoms with Crippen LogP contribution < -0.4 is 10.5 Å². The van der Waals surface area contributed by atoms with Crippen molar-refractivity contribution in [3.8, 4) is 5.75 Å². The Bertz CT molecular complexity index is 507. The minimum absolute atomic E-state index is 0.249. The Morgan fingerprint density at radius 2 is 2.11 bits per heavy atom. The number of ether oxygens (including phenoxy) is 1. The van der Waals surface area contributed by atoms with E-state index in [0.717, 1.165) is 43.3 Å². The normalized spacial score (nSPS) is 19.7. The van der Waals surface area contributed by atoms with E-state index < -0.39 is 0 Å². The highest BCUT2D eigenvalue weighted by Crippen LogP contribution is 2.20. The summed E-state index contributed by atoms with van der Waals surface area (Å²) in [4.78, 5) is 2.35. The van der Waals surface area contributed by atoms with Gasteiger partial charge in [0.1, 0.15) is 17.6 Å². The smallest absolute Gasteiger partial charge is 0.119 e. The number of nitrogen functional groups attached to an aromatic ring is 1. The molecule has 2 heterocycles. The van der Waals surface area contributed by atoms with Crippen molar-refractivity contribution in [2.45, 2.75) is 19.1 Å². The summed E-state index contributed by atoms with van der Waals surface area (Å²) in [5, 5.41) is 0. The molecule has 2 aromatic rings. The molecule has 0 amide bonds. The van der Waals surface area contributed by atoms with Gasteiger partial charge in [-0.25, -0.2) is 0 Å². The number of nitrogens with two attached hydrogens (primary N) is 1. The van der Waals surface area contributed by atoms with Gasteiger partial charge in [-0.05, 0) is 42.8 Å². The number of hydrogen-bond donors (Lipinski definition) is 1. The second-order valence-electron chi connectivity index (χ2n) is 4.91. The Balaban J connectivity index is 1.53. The number of nitrogens with zero attached hydrogens (tertiary/aromatic N) is 1. The third kappa shape index (κ3) is 3.09. The predicted molar refractivity (Wildman–Crippen MR) is 73.9 cm³/mol. The summed E-state index contributed by atoms with van der Waals surface area (Å²) in [7, 11) is 0. The van der Waals surface area contributed by atoms with Crippen LogP contribution in [0.2, 0.25) is 0 Å². The number of likely N-dealkylation sites (tertiary alicyclic amines) is 1. The maximum atomic E-state index is 5.95. The van der Waals surface area contributed by atoms with Crippen molar-refractivity contribution in [3.63, 3.8) is 0 Å². The van der Waals surface area contributed by atoms with Crippen LogP contribution in [0.5, 0.6) is 5.75 Å². The molecule has 0 aliphatic carbocycles. The summed E-state index contributed by atoms with van der Waals surface area (Å²) in [5.41, 5.74) is 6.42. The van der Waals surface area contributed by atoms with Gasteiger partial charge in [0.25, 0.3) is 0 Å².